The Labute approximate surface area is 301 Å². The molecule has 1 unspecified atom stereocenters. The van der Waals surface area contributed by atoms with Gasteiger partial charge in [-0.25, -0.2) is 19.2 Å². The number of alkyl carbamates (subject to hydrolysis) is 2. The lowest BCUT2D eigenvalue weighted by molar-refractivity contribution is 0.0724. The van der Waals surface area contributed by atoms with Crippen LogP contribution in [0.4, 0.5) is 19.2 Å². The van der Waals surface area contributed by atoms with Gasteiger partial charge in [-0.05, 0) is 38.5 Å². The summed E-state index contributed by atoms with van der Waals surface area (Å²) in [4.78, 5) is 47.3. The summed E-state index contributed by atoms with van der Waals surface area (Å²) in [5.74, 6) is 0. The summed E-state index contributed by atoms with van der Waals surface area (Å²) in [6.07, 6.45) is 19.0. The van der Waals surface area contributed by atoms with Crippen LogP contribution in [-0.4, -0.2) is 102 Å². The molecular formula is C36H70N6O8. The Bertz CT molecular complexity index is 806. The monoisotopic (exact) mass is 715 g/mol. The van der Waals surface area contributed by atoms with Crippen molar-refractivity contribution in [2.75, 3.05) is 65.8 Å². The first-order valence-electron chi connectivity index (χ1n) is 19.5. The Hall–Kier alpha value is -3.00. The van der Waals surface area contributed by atoms with Gasteiger partial charge in [-0.1, -0.05) is 90.9 Å². The summed E-state index contributed by atoms with van der Waals surface area (Å²) in [5.41, 5.74) is 0. The number of rotatable bonds is 30. The molecule has 6 amide bonds. The van der Waals surface area contributed by atoms with Crippen LogP contribution in [0.25, 0.3) is 0 Å². The predicted octanol–water partition coefficient (Wildman–Crippen LogP) is 5.88. The zero-order chi connectivity index (χ0) is 36.3. The number of unbranched alkanes of at least 4 members (excludes halogenated alkanes) is 9. The molecule has 0 heterocycles. The Balaban J connectivity index is 1.75. The molecule has 292 valence electrons. The van der Waals surface area contributed by atoms with Crippen molar-refractivity contribution in [2.24, 2.45) is 0 Å². The molecule has 0 saturated heterocycles. The second-order valence-corrected chi connectivity index (χ2v) is 12.9. The molecule has 1 aliphatic carbocycles. The van der Waals surface area contributed by atoms with Crippen LogP contribution in [0, 0.1) is 0 Å². The topological polar surface area (TPSA) is 177 Å². The van der Waals surface area contributed by atoms with E-state index >= 15 is 0 Å². The van der Waals surface area contributed by atoms with Crippen LogP contribution in [0.15, 0.2) is 0 Å². The highest BCUT2D eigenvalue weighted by atomic mass is 16.6. The Kier molecular flexibility index (Phi) is 29.9. The van der Waals surface area contributed by atoms with Gasteiger partial charge in [-0.2, -0.15) is 0 Å². The molecule has 1 aliphatic rings. The van der Waals surface area contributed by atoms with Crippen molar-refractivity contribution in [3.8, 4) is 0 Å². The maximum Gasteiger partial charge on any atom is 0.407 e. The lowest BCUT2D eigenvalue weighted by Gasteiger charge is -2.22. The largest absolute Gasteiger partial charge is 0.447 e. The molecule has 0 aromatic heterocycles. The fourth-order valence-electron chi connectivity index (χ4n) is 5.65. The average Bonchev–Trinajstić information content (AvgIpc) is 3.11. The van der Waals surface area contributed by atoms with E-state index < -0.39 is 6.09 Å². The zero-order valence-electron chi connectivity index (χ0n) is 31.2. The predicted molar refractivity (Wildman–Crippen MR) is 195 cm³/mol. The van der Waals surface area contributed by atoms with Crippen molar-refractivity contribution in [2.45, 2.75) is 142 Å². The van der Waals surface area contributed by atoms with E-state index in [0.29, 0.717) is 52.6 Å². The Morgan fingerprint density at radius 2 is 1.02 bits per heavy atom. The minimum absolute atomic E-state index is 0.146. The number of nitrogens with one attached hydrogen (secondary N) is 6. The van der Waals surface area contributed by atoms with Gasteiger partial charge in [0.15, 0.2) is 0 Å². The lowest BCUT2D eigenvalue weighted by Crippen LogP contribution is -2.38. The standard InChI is InChI=1S/C36H70N6O8/c1-3-18-31(4-2)41-35(45)49-29-27-47-25-23-39-33(43)37-21-16-11-9-7-5-6-8-10-12-17-22-38-34(44)40-24-26-48-28-30-50-36(46)42-32-19-14-13-15-20-32/h31-32H,3-30H2,1-2H3,(H,41,45)(H,42,46)(H2,37,39,43)(H2,38,40,44). The van der Waals surface area contributed by atoms with E-state index in [-0.39, 0.29) is 43.5 Å². The van der Waals surface area contributed by atoms with E-state index in [0.717, 1.165) is 70.6 Å². The van der Waals surface area contributed by atoms with Crippen molar-refractivity contribution >= 4 is 24.2 Å². The number of amides is 6. The van der Waals surface area contributed by atoms with E-state index in [1.165, 1.54) is 44.9 Å². The first-order valence-corrected chi connectivity index (χ1v) is 19.5. The van der Waals surface area contributed by atoms with Crippen molar-refractivity contribution in [3.63, 3.8) is 0 Å². The van der Waals surface area contributed by atoms with E-state index in [2.05, 4.69) is 38.8 Å². The number of hydrogen-bond acceptors (Lipinski definition) is 8. The minimum Gasteiger partial charge on any atom is -0.447 e. The third-order valence-corrected chi connectivity index (χ3v) is 8.54. The highest BCUT2D eigenvalue weighted by Crippen LogP contribution is 2.17. The molecule has 0 aromatic rings. The van der Waals surface area contributed by atoms with Crippen molar-refractivity contribution in [1.29, 1.82) is 0 Å². The van der Waals surface area contributed by atoms with Crippen LogP contribution in [0.2, 0.25) is 0 Å². The van der Waals surface area contributed by atoms with Crippen LogP contribution < -0.4 is 31.9 Å². The molecule has 0 spiro atoms. The average molecular weight is 715 g/mol. The smallest absolute Gasteiger partial charge is 0.407 e. The van der Waals surface area contributed by atoms with Gasteiger partial charge >= 0.3 is 24.2 Å². The summed E-state index contributed by atoms with van der Waals surface area (Å²) in [7, 11) is 0. The van der Waals surface area contributed by atoms with E-state index in [1.54, 1.807) is 0 Å². The molecular weight excluding hydrogens is 644 g/mol. The summed E-state index contributed by atoms with van der Waals surface area (Å²) >= 11 is 0. The molecule has 50 heavy (non-hydrogen) atoms. The quantitative estimate of drug-likeness (QED) is 0.0500. The molecule has 0 radical (unpaired) electrons. The summed E-state index contributed by atoms with van der Waals surface area (Å²) in [5, 5.41) is 17.0. The molecule has 6 N–H and O–H groups in total. The summed E-state index contributed by atoms with van der Waals surface area (Å²) in [6.45, 7) is 7.95. The zero-order valence-corrected chi connectivity index (χ0v) is 31.2. The normalized spacial score (nSPS) is 13.6. The molecule has 1 rings (SSSR count). The SMILES string of the molecule is CCCC(CC)NC(=O)OCCOCCNC(=O)NCCCCCCCCCCCCNC(=O)NCCOCCOC(=O)NC1CCCCC1. The van der Waals surface area contributed by atoms with Crippen LogP contribution >= 0.6 is 0 Å². The highest BCUT2D eigenvalue weighted by molar-refractivity contribution is 5.74. The molecule has 0 aromatic carbocycles. The van der Waals surface area contributed by atoms with Gasteiger partial charge in [-0.15, -0.1) is 0 Å². The lowest BCUT2D eigenvalue weighted by atomic mass is 9.96. The first-order chi connectivity index (χ1) is 24.4. The fraction of sp³-hybridized carbons (Fsp3) is 0.889. The minimum atomic E-state index is -0.414. The van der Waals surface area contributed by atoms with Gasteiger partial charge in [0.1, 0.15) is 13.2 Å². The number of ether oxygens (including phenoxy) is 4. The third kappa shape index (κ3) is 28.8. The van der Waals surface area contributed by atoms with E-state index in [1.807, 2.05) is 6.92 Å². The number of carbonyl (C=O) groups is 4. The second-order valence-electron chi connectivity index (χ2n) is 12.9. The molecule has 1 fully saturated rings. The summed E-state index contributed by atoms with van der Waals surface area (Å²) in [6, 6.07) is -0.00446. The van der Waals surface area contributed by atoms with Gasteiger partial charge < -0.3 is 50.8 Å². The number of hydrogen-bond donors (Lipinski definition) is 6. The van der Waals surface area contributed by atoms with Gasteiger partial charge in [0, 0.05) is 38.3 Å². The van der Waals surface area contributed by atoms with Gasteiger partial charge in [0.05, 0.1) is 26.4 Å². The Morgan fingerprint density at radius 3 is 1.50 bits per heavy atom. The third-order valence-electron chi connectivity index (χ3n) is 8.54. The molecule has 0 bridgehead atoms. The number of urea groups is 2. The highest BCUT2D eigenvalue weighted by Gasteiger charge is 2.16. The van der Waals surface area contributed by atoms with E-state index in [4.69, 9.17) is 18.9 Å². The number of carbonyl (C=O) groups excluding carboxylic acids is 4. The van der Waals surface area contributed by atoms with Crippen LogP contribution in [-0.2, 0) is 18.9 Å². The van der Waals surface area contributed by atoms with Crippen LogP contribution in [0.3, 0.4) is 0 Å². The second kappa shape index (κ2) is 33.2. The molecule has 1 saturated carbocycles. The molecule has 14 heteroatoms. The van der Waals surface area contributed by atoms with Crippen molar-refractivity contribution in [3.05, 3.63) is 0 Å². The van der Waals surface area contributed by atoms with Gasteiger partial charge in [-0.3, -0.25) is 0 Å². The molecule has 0 aliphatic heterocycles. The maximum atomic E-state index is 11.9. The Morgan fingerprint density at radius 1 is 0.560 bits per heavy atom. The van der Waals surface area contributed by atoms with Crippen LogP contribution in [0.5, 0.6) is 0 Å². The van der Waals surface area contributed by atoms with Crippen molar-refractivity contribution in [1.82, 2.24) is 31.9 Å². The first kappa shape index (κ1) is 45.0. The van der Waals surface area contributed by atoms with E-state index in [9.17, 15) is 19.2 Å². The maximum absolute atomic E-state index is 11.9. The summed E-state index contributed by atoms with van der Waals surface area (Å²) < 4.78 is 21.1. The van der Waals surface area contributed by atoms with Crippen molar-refractivity contribution < 1.29 is 38.1 Å². The van der Waals surface area contributed by atoms with Gasteiger partial charge in [0.25, 0.3) is 0 Å². The fourth-order valence-corrected chi connectivity index (χ4v) is 5.65. The van der Waals surface area contributed by atoms with Crippen LogP contribution in [0.1, 0.15) is 129 Å². The molecule has 1 atom stereocenters. The molecule has 14 nitrogen and oxygen atoms in total. The van der Waals surface area contributed by atoms with Gasteiger partial charge in [0.2, 0.25) is 0 Å².